The molecule has 2 unspecified atom stereocenters. The van der Waals surface area contributed by atoms with Crippen molar-refractivity contribution in [3.63, 3.8) is 0 Å². The van der Waals surface area contributed by atoms with Crippen LogP contribution in [0, 0.1) is 10.8 Å². The van der Waals surface area contributed by atoms with Crippen molar-refractivity contribution < 1.29 is 133 Å². The fourth-order valence-electron chi connectivity index (χ4n) is 8.64. The Labute approximate surface area is 563 Å². The number of hydrogen-bond donors (Lipinski definition) is 4. The molecule has 0 bridgehead atoms. The zero-order chi connectivity index (χ0) is 71.4. The molecule has 0 aromatic heterocycles. The summed E-state index contributed by atoms with van der Waals surface area (Å²) in [4.78, 5) is 147. The lowest BCUT2D eigenvalue weighted by molar-refractivity contribution is -0.138. The molecule has 2 aromatic carbocycles. The third-order valence-electron chi connectivity index (χ3n) is 14.6. The molecule has 0 radical (unpaired) electrons. The first-order chi connectivity index (χ1) is 46.8. The molecule has 2 rings (SSSR count). The predicted molar refractivity (Wildman–Crippen MR) is 341 cm³/mol. The Bertz CT molecular complexity index is 2800. The molecule has 97 heavy (non-hydrogen) atoms. The Kier molecular flexibility index (Phi) is 43.5. The summed E-state index contributed by atoms with van der Waals surface area (Å²) in [7, 11) is 2.30. The van der Waals surface area contributed by atoms with Crippen molar-refractivity contribution in [2.75, 3.05) is 126 Å². The van der Waals surface area contributed by atoms with E-state index in [4.69, 9.17) is 71.1 Å². The van der Waals surface area contributed by atoms with Gasteiger partial charge in [-0.3, -0.25) is 0 Å². The summed E-state index contributed by atoms with van der Waals surface area (Å²) < 4.78 is 81.7. The van der Waals surface area contributed by atoms with Gasteiger partial charge < -0.3 is 97.1 Å². The van der Waals surface area contributed by atoms with E-state index in [2.05, 4.69) is 39.2 Å². The average Bonchev–Trinajstić information content (AvgIpc) is 0.818. The van der Waals surface area contributed by atoms with Crippen LogP contribution in [0.3, 0.4) is 0 Å². The standard InChI is InChI=1S/C65H94N4O28/c1-7-52(70)84-33-19-11-21-35-86-56(74)66-29-15-17-31-68-58(76)94-45-64(9-3,25-37-88-60(78)83-6)26-38-89-61(79)90-39-27-65(10-4,46-95-59(77)69-32-18-16-30-67-57(75)87-36-22-12-20-34-85-53(71)8-2)28-40-91-62(80)92-41-42-93-63(81)97-47-96-55(73)51-44-49-24-14-13-23-48(49)43-50(51)54(72)82-5/h7-8,13-14,23-24,43-44H,1-2,9-12,15-22,25-42,45-47H2,3-6H3,(H,66,74)(H,67,75)(H,68,76)(H,69,77). The highest BCUT2D eigenvalue weighted by atomic mass is 16.8. The van der Waals surface area contributed by atoms with Crippen molar-refractivity contribution >= 4 is 83.6 Å². The molecule has 32 nitrogen and oxygen atoms in total. The maximum absolute atomic E-state index is 13.1. The fraction of sp³-hybridized carbons (Fsp3) is 0.600. The zero-order valence-electron chi connectivity index (χ0n) is 55.8. The van der Waals surface area contributed by atoms with E-state index >= 15 is 0 Å². The normalized spacial score (nSPS) is 11.8. The molecule has 0 aliphatic rings. The number of fused-ring (bicyclic) bond motifs is 1. The highest BCUT2D eigenvalue weighted by Crippen LogP contribution is 2.34. The van der Waals surface area contributed by atoms with Crippen LogP contribution in [0.25, 0.3) is 10.8 Å². The number of unbranched alkanes of at least 4 members (excludes halogenated alkanes) is 6. The van der Waals surface area contributed by atoms with Gasteiger partial charge in [0, 0.05) is 49.2 Å². The van der Waals surface area contributed by atoms with E-state index in [1.165, 1.54) is 12.1 Å². The van der Waals surface area contributed by atoms with Crippen molar-refractivity contribution in [2.45, 2.75) is 117 Å². The second-order valence-electron chi connectivity index (χ2n) is 21.3. The zero-order valence-corrected chi connectivity index (χ0v) is 55.8. The molecule has 4 amide bonds. The van der Waals surface area contributed by atoms with Crippen molar-refractivity contribution in [3.05, 3.63) is 72.8 Å². The molecule has 0 aliphatic carbocycles. The van der Waals surface area contributed by atoms with Crippen molar-refractivity contribution in [2.24, 2.45) is 10.8 Å². The summed E-state index contributed by atoms with van der Waals surface area (Å²) in [6.45, 7) is 8.88. The number of ether oxygens (including phenoxy) is 16. The number of rotatable bonds is 49. The first-order valence-electron chi connectivity index (χ1n) is 31.9. The van der Waals surface area contributed by atoms with Gasteiger partial charge in [-0.1, -0.05) is 51.3 Å². The van der Waals surface area contributed by atoms with Crippen LogP contribution in [0.4, 0.5) is 38.4 Å². The van der Waals surface area contributed by atoms with E-state index in [1.807, 2.05) is 6.92 Å². The summed E-state index contributed by atoms with van der Waals surface area (Å²) in [5, 5.41) is 11.9. The van der Waals surface area contributed by atoms with E-state index in [9.17, 15) is 57.5 Å². The van der Waals surface area contributed by atoms with Crippen LogP contribution < -0.4 is 21.3 Å². The van der Waals surface area contributed by atoms with E-state index in [1.54, 1.807) is 31.2 Å². The Morgan fingerprint density at radius 2 is 0.711 bits per heavy atom. The lowest BCUT2D eigenvalue weighted by Crippen LogP contribution is -2.35. The third-order valence-corrected chi connectivity index (χ3v) is 14.6. The van der Waals surface area contributed by atoms with Crippen LogP contribution >= 0.6 is 0 Å². The molecule has 542 valence electrons. The molecule has 0 saturated heterocycles. The Morgan fingerprint density at radius 3 is 1.07 bits per heavy atom. The quantitative estimate of drug-likeness (QED) is 0.0157. The number of benzene rings is 2. The van der Waals surface area contributed by atoms with E-state index < -0.39 is 104 Å². The number of esters is 4. The van der Waals surface area contributed by atoms with Gasteiger partial charge in [-0.05, 0) is 126 Å². The first kappa shape index (κ1) is 83.3. The molecule has 0 fully saturated rings. The summed E-state index contributed by atoms with van der Waals surface area (Å²) >= 11 is 0. The summed E-state index contributed by atoms with van der Waals surface area (Å²) in [6, 6.07) is 9.85. The average molecular weight is 1380 g/mol. The second-order valence-corrected chi connectivity index (χ2v) is 21.3. The number of carbonyl (C=O) groups excluding carboxylic acids is 12. The van der Waals surface area contributed by atoms with Crippen LogP contribution in [0.15, 0.2) is 61.7 Å². The van der Waals surface area contributed by atoms with Gasteiger partial charge in [0.15, 0.2) is 0 Å². The van der Waals surface area contributed by atoms with Crippen LogP contribution in [-0.2, 0) is 85.4 Å². The van der Waals surface area contributed by atoms with Gasteiger partial charge in [0.25, 0.3) is 0 Å². The minimum absolute atomic E-state index is 0.0507. The van der Waals surface area contributed by atoms with Gasteiger partial charge in [0.1, 0.15) is 13.2 Å². The molecule has 0 aliphatic heterocycles. The van der Waals surface area contributed by atoms with Gasteiger partial charge in [0.2, 0.25) is 6.79 Å². The summed E-state index contributed by atoms with van der Waals surface area (Å²) in [5.74, 6) is -2.78. The lowest BCUT2D eigenvalue weighted by Gasteiger charge is -2.32. The number of nitrogens with one attached hydrogen (secondary N) is 4. The molecule has 0 heterocycles. The maximum Gasteiger partial charge on any atom is 0.511 e. The molecule has 2 atom stereocenters. The number of amides is 4. The first-order valence-corrected chi connectivity index (χ1v) is 31.9. The Balaban J connectivity index is 1.93. The van der Waals surface area contributed by atoms with Crippen molar-refractivity contribution in [1.82, 2.24) is 21.3 Å². The van der Waals surface area contributed by atoms with Crippen LogP contribution in [0.5, 0.6) is 0 Å². The highest BCUT2D eigenvalue weighted by molar-refractivity contribution is 6.07. The van der Waals surface area contributed by atoms with Gasteiger partial charge in [-0.15, -0.1) is 0 Å². The van der Waals surface area contributed by atoms with Gasteiger partial charge in [0.05, 0.1) is 91.4 Å². The van der Waals surface area contributed by atoms with E-state index in [0.717, 1.165) is 26.4 Å². The van der Waals surface area contributed by atoms with Crippen LogP contribution in [0.2, 0.25) is 0 Å². The van der Waals surface area contributed by atoms with Crippen LogP contribution in [0.1, 0.15) is 137 Å². The lowest BCUT2D eigenvalue weighted by atomic mass is 9.80. The fourth-order valence-corrected chi connectivity index (χ4v) is 8.64. The Morgan fingerprint density at radius 1 is 0.371 bits per heavy atom. The largest absolute Gasteiger partial charge is 0.511 e. The summed E-state index contributed by atoms with van der Waals surface area (Å²) in [6.07, 6.45) is 1.82. The third kappa shape index (κ3) is 38.4. The van der Waals surface area contributed by atoms with Crippen molar-refractivity contribution in [1.29, 1.82) is 0 Å². The minimum atomic E-state index is -1.28. The molecule has 4 N–H and O–H groups in total. The van der Waals surface area contributed by atoms with E-state index in [-0.39, 0.29) is 123 Å². The van der Waals surface area contributed by atoms with Crippen LogP contribution in [-0.4, -0.2) is 199 Å². The SMILES string of the molecule is C=CC(=O)OCCCCCOC(=O)NCCCCNC(=O)OCC(CC)(CCOC(=O)OC)CCOC(=O)OCCC(CC)(CCOC(=O)OCCOC(=O)OCOC(=O)c1cc2ccccc2cc1C(=O)OC)COC(=O)NCCCCNC(=O)OCCCCCOC(=O)C=C. The van der Waals surface area contributed by atoms with Gasteiger partial charge in [-0.25, -0.2) is 57.5 Å². The molecular weight excluding hydrogens is 1280 g/mol. The molecule has 2 aromatic rings. The number of alkyl carbamates (subject to hydrolysis) is 4. The summed E-state index contributed by atoms with van der Waals surface area (Å²) in [5.41, 5.74) is -2.03. The predicted octanol–water partition coefficient (Wildman–Crippen LogP) is 9.60. The highest BCUT2D eigenvalue weighted by Gasteiger charge is 2.33. The van der Waals surface area contributed by atoms with Gasteiger partial charge in [-0.2, -0.15) is 0 Å². The van der Waals surface area contributed by atoms with Gasteiger partial charge >= 0.3 is 72.9 Å². The van der Waals surface area contributed by atoms with E-state index in [0.29, 0.717) is 94.4 Å². The number of carbonyl (C=O) groups is 12. The molecule has 32 heteroatoms. The minimum Gasteiger partial charge on any atom is -0.465 e. The Hall–Kier alpha value is -9.78. The molecular formula is C65H94N4O28. The number of hydrogen-bond acceptors (Lipinski definition) is 28. The molecule has 0 spiro atoms. The molecule has 0 saturated carbocycles. The number of methoxy groups -OCH3 is 2. The second kappa shape index (κ2) is 50.6. The van der Waals surface area contributed by atoms with Crippen molar-refractivity contribution in [3.8, 4) is 0 Å². The topological polar surface area (TPSA) is 401 Å². The smallest absolute Gasteiger partial charge is 0.465 e. The maximum atomic E-state index is 13.1. The monoisotopic (exact) mass is 1380 g/mol.